The van der Waals surface area contributed by atoms with Gasteiger partial charge >= 0.3 is 6.18 Å². The molecule has 4 nitrogen and oxygen atoms in total. The van der Waals surface area contributed by atoms with Crippen molar-refractivity contribution < 1.29 is 18.0 Å². The van der Waals surface area contributed by atoms with E-state index in [2.05, 4.69) is 4.98 Å². The molecule has 0 aliphatic carbocycles. The van der Waals surface area contributed by atoms with Crippen LogP contribution in [0.4, 0.5) is 13.2 Å². The average Bonchev–Trinajstić information content (AvgIpc) is 2.52. The van der Waals surface area contributed by atoms with E-state index in [0.29, 0.717) is 10.9 Å². The van der Waals surface area contributed by atoms with Crippen molar-refractivity contribution in [1.82, 2.24) is 9.88 Å². The van der Waals surface area contributed by atoms with Gasteiger partial charge in [-0.2, -0.15) is 13.2 Å². The molecule has 0 spiro atoms. The summed E-state index contributed by atoms with van der Waals surface area (Å²) < 4.78 is 37.9. The summed E-state index contributed by atoms with van der Waals surface area (Å²) in [5.74, 6) is -0.440. The summed E-state index contributed by atoms with van der Waals surface area (Å²) in [5, 5.41) is 0.572. The lowest BCUT2D eigenvalue weighted by Gasteiger charge is -2.27. The van der Waals surface area contributed by atoms with Crippen LogP contribution in [0.1, 0.15) is 16.8 Å². The number of nitrogens with zero attached hydrogens (tertiary/aromatic N) is 1. The van der Waals surface area contributed by atoms with Crippen LogP contribution in [-0.2, 0) is 0 Å². The number of nitrogens with one attached hydrogen (secondary N) is 1. The second-order valence-electron chi connectivity index (χ2n) is 5.32. The maximum atomic E-state index is 12.6. The average molecular weight is 322 g/mol. The largest absolute Gasteiger partial charge is 0.412 e. The number of alkyl halides is 3. The van der Waals surface area contributed by atoms with Crippen LogP contribution in [0.3, 0.4) is 0 Å². The fraction of sp³-hybridized carbons (Fsp3) is 0.250. The normalized spacial score (nSPS) is 15.6. The highest BCUT2D eigenvalue weighted by molar-refractivity contribution is 6.06. The lowest BCUT2D eigenvalue weighted by molar-refractivity contribution is -0.0957. The number of para-hydroxylation sites is 1. The maximum absolute atomic E-state index is 12.6. The number of rotatable bonds is 1. The van der Waals surface area contributed by atoms with E-state index in [0.717, 1.165) is 6.08 Å². The number of halogens is 3. The minimum absolute atomic E-state index is 0.0225. The van der Waals surface area contributed by atoms with Crippen LogP contribution in [-0.4, -0.2) is 35.1 Å². The molecule has 2 aromatic rings. The Hall–Kier alpha value is -2.57. The maximum Gasteiger partial charge on any atom is 0.412 e. The standard InChI is InChI=1S/C16H13F3N2O2/c17-16(18,19)10-5-7-21(8-6-10)15(23)12-9-14(22)20-13-4-2-1-3-11(12)13/h1-5,9H,6-8H2,(H,20,22). The van der Waals surface area contributed by atoms with Crippen molar-refractivity contribution in [1.29, 1.82) is 0 Å². The molecule has 3 rings (SSSR count). The molecule has 1 aliphatic heterocycles. The third-order valence-corrected chi connectivity index (χ3v) is 3.84. The summed E-state index contributed by atoms with van der Waals surface area (Å²) in [4.78, 5) is 28.2. The molecule has 0 saturated heterocycles. The van der Waals surface area contributed by atoms with Crippen molar-refractivity contribution in [2.75, 3.05) is 13.1 Å². The van der Waals surface area contributed by atoms with Crippen LogP contribution in [0.5, 0.6) is 0 Å². The molecule has 1 aliphatic rings. The number of pyridine rings is 1. The molecule has 0 saturated carbocycles. The van der Waals surface area contributed by atoms with Gasteiger partial charge in [-0.25, -0.2) is 0 Å². The number of aromatic nitrogens is 1. The van der Waals surface area contributed by atoms with Gasteiger partial charge < -0.3 is 9.88 Å². The molecule has 120 valence electrons. The van der Waals surface area contributed by atoms with E-state index in [1.165, 1.54) is 11.0 Å². The van der Waals surface area contributed by atoms with Crippen LogP contribution in [0.15, 0.2) is 46.8 Å². The third-order valence-electron chi connectivity index (χ3n) is 3.84. The van der Waals surface area contributed by atoms with E-state index in [-0.39, 0.29) is 25.1 Å². The molecule has 2 heterocycles. The highest BCUT2D eigenvalue weighted by Gasteiger charge is 2.35. The highest BCUT2D eigenvalue weighted by atomic mass is 19.4. The molecule has 0 fully saturated rings. The molecule has 23 heavy (non-hydrogen) atoms. The van der Waals surface area contributed by atoms with Gasteiger partial charge in [0.05, 0.1) is 5.56 Å². The Balaban J connectivity index is 1.94. The van der Waals surface area contributed by atoms with Gasteiger partial charge in [-0.05, 0) is 12.5 Å². The smallest absolute Gasteiger partial charge is 0.335 e. The highest BCUT2D eigenvalue weighted by Crippen LogP contribution is 2.30. The van der Waals surface area contributed by atoms with Crippen molar-refractivity contribution in [2.45, 2.75) is 12.6 Å². The van der Waals surface area contributed by atoms with Crippen molar-refractivity contribution >= 4 is 16.8 Å². The van der Waals surface area contributed by atoms with E-state index in [1.807, 2.05) is 0 Å². The first-order valence-electron chi connectivity index (χ1n) is 7.04. The number of benzene rings is 1. The fourth-order valence-electron chi connectivity index (χ4n) is 2.66. The predicted molar refractivity (Wildman–Crippen MR) is 79.2 cm³/mol. The van der Waals surface area contributed by atoms with Gasteiger partial charge in [0, 0.05) is 35.6 Å². The summed E-state index contributed by atoms with van der Waals surface area (Å²) in [6.45, 7) is -0.139. The van der Waals surface area contributed by atoms with E-state index in [1.54, 1.807) is 24.3 Å². The molecular formula is C16H13F3N2O2. The lowest BCUT2D eigenvalue weighted by atomic mass is 10.0. The zero-order valence-electron chi connectivity index (χ0n) is 12.0. The van der Waals surface area contributed by atoms with Crippen molar-refractivity contribution in [3.8, 4) is 0 Å². The molecule has 1 N–H and O–H groups in total. The number of carbonyl (C=O) groups excluding carboxylic acids is 1. The molecule has 7 heteroatoms. The summed E-state index contributed by atoms with van der Waals surface area (Å²) >= 11 is 0. The molecule has 0 bridgehead atoms. The van der Waals surface area contributed by atoms with Crippen LogP contribution in [0.2, 0.25) is 0 Å². The number of amides is 1. The van der Waals surface area contributed by atoms with Crippen LogP contribution < -0.4 is 5.56 Å². The number of hydrogen-bond donors (Lipinski definition) is 1. The van der Waals surface area contributed by atoms with Crippen molar-refractivity contribution in [3.05, 3.63) is 57.9 Å². The SMILES string of the molecule is O=C(c1cc(=O)[nH]c2ccccc12)N1CC=C(C(F)(F)F)CC1. The first-order chi connectivity index (χ1) is 10.9. The third kappa shape index (κ3) is 2.99. The fourth-order valence-corrected chi connectivity index (χ4v) is 2.66. The zero-order valence-corrected chi connectivity index (χ0v) is 12.0. The van der Waals surface area contributed by atoms with Crippen molar-refractivity contribution in [2.24, 2.45) is 0 Å². The topological polar surface area (TPSA) is 53.2 Å². The molecule has 1 aromatic heterocycles. The molecule has 1 aromatic carbocycles. The Morgan fingerprint density at radius 1 is 1.22 bits per heavy atom. The van der Waals surface area contributed by atoms with Crippen LogP contribution in [0, 0.1) is 0 Å². The Morgan fingerprint density at radius 3 is 2.61 bits per heavy atom. The van der Waals surface area contributed by atoms with Gasteiger partial charge in [-0.1, -0.05) is 24.3 Å². The first kappa shape index (κ1) is 15.3. The monoisotopic (exact) mass is 322 g/mol. The predicted octanol–water partition coefficient (Wildman–Crippen LogP) is 2.86. The summed E-state index contributed by atoms with van der Waals surface area (Å²) in [6, 6.07) is 8.01. The number of hydrogen-bond acceptors (Lipinski definition) is 2. The van der Waals surface area contributed by atoms with E-state index < -0.39 is 23.2 Å². The molecule has 0 radical (unpaired) electrons. The summed E-state index contributed by atoms with van der Waals surface area (Å²) in [7, 11) is 0. The zero-order chi connectivity index (χ0) is 16.6. The molecule has 0 unspecified atom stereocenters. The Kier molecular flexibility index (Phi) is 3.71. The van der Waals surface area contributed by atoms with Gasteiger partial charge in [0.1, 0.15) is 0 Å². The summed E-state index contributed by atoms with van der Waals surface area (Å²) in [5.41, 5.74) is -0.312. The van der Waals surface area contributed by atoms with E-state index >= 15 is 0 Å². The van der Waals surface area contributed by atoms with Gasteiger partial charge in [0.2, 0.25) is 5.56 Å². The second kappa shape index (κ2) is 5.57. The molecule has 1 amide bonds. The number of H-pyrrole nitrogens is 1. The first-order valence-corrected chi connectivity index (χ1v) is 7.04. The van der Waals surface area contributed by atoms with Crippen LogP contribution in [0.25, 0.3) is 10.9 Å². The van der Waals surface area contributed by atoms with E-state index in [9.17, 15) is 22.8 Å². The number of carbonyl (C=O) groups is 1. The Labute approximate surface area is 129 Å². The Bertz CT molecular complexity index is 852. The van der Waals surface area contributed by atoms with E-state index in [4.69, 9.17) is 0 Å². The van der Waals surface area contributed by atoms with Crippen molar-refractivity contribution in [3.63, 3.8) is 0 Å². The molecule has 0 atom stereocenters. The summed E-state index contributed by atoms with van der Waals surface area (Å²) in [6.07, 6.45) is -3.57. The quantitative estimate of drug-likeness (QED) is 0.821. The van der Waals surface area contributed by atoms with Crippen LogP contribution >= 0.6 is 0 Å². The second-order valence-corrected chi connectivity index (χ2v) is 5.32. The van der Waals surface area contributed by atoms with Gasteiger partial charge in [-0.3, -0.25) is 9.59 Å². The number of fused-ring (bicyclic) bond motifs is 1. The van der Waals surface area contributed by atoms with Gasteiger partial charge in [0.25, 0.3) is 5.91 Å². The minimum atomic E-state index is -4.36. The molecular weight excluding hydrogens is 309 g/mol. The Morgan fingerprint density at radius 2 is 1.96 bits per heavy atom. The number of aromatic amines is 1. The van der Waals surface area contributed by atoms with Gasteiger partial charge in [0.15, 0.2) is 0 Å². The minimum Gasteiger partial charge on any atom is -0.335 e. The van der Waals surface area contributed by atoms with Gasteiger partial charge in [-0.15, -0.1) is 0 Å². The lowest BCUT2D eigenvalue weighted by Crippen LogP contribution is -2.37.